The zero-order valence-corrected chi connectivity index (χ0v) is 13.1. The number of nitrogens with two attached hydrogens (primary N) is 1. The summed E-state index contributed by atoms with van der Waals surface area (Å²) in [5, 5.41) is 12.4. The average molecular weight is 317 g/mol. The van der Waals surface area contributed by atoms with Crippen LogP contribution in [0.25, 0.3) is 0 Å². The van der Waals surface area contributed by atoms with E-state index in [1.807, 2.05) is 6.07 Å². The van der Waals surface area contributed by atoms with Gasteiger partial charge < -0.3 is 21.1 Å². The summed E-state index contributed by atoms with van der Waals surface area (Å²) in [5.74, 6) is 2.63. The van der Waals surface area contributed by atoms with Crippen LogP contribution in [0.1, 0.15) is 31.4 Å². The lowest BCUT2D eigenvalue weighted by molar-refractivity contribution is 0.150. The Kier molecular flexibility index (Phi) is 3.50. The van der Waals surface area contributed by atoms with Crippen LogP contribution in [0.3, 0.4) is 0 Å². The smallest absolute Gasteiger partial charge is 0.407 e. The molecule has 1 aromatic heterocycles. The van der Waals surface area contributed by atoms with E-state index in [9.17, 15) is 4.79 Å². The van der Waals surface area contributed by atoms with Gasteiger partial charge in [0.05, 0.1) is 0 Å². The zero-order chi connectivity index (χ0) is 16.0. The maximum absolute atomic E-state index is 11.0. The van der Waals surface area contributed by atoms with Crippen LogP contribution in [-0.4, -0.2) is 45.2 Å². The molecule has 2 saturated carbocycles. The number of rotatable bonds is 4. The van der Waals surface area contributed by atoms with E-state index in [4.69, 9.17) is 10.8 Å². The van der Waals surface area contributed by atoms with Crippen LogP contribution in [0, 0.1) is 17.8 Å². The number of nitrogens with one attached hydrogen (secondary N) is 1. The highest BCUT2D eigenvalue weighted by atomic mass is 16.4. The van der Waals surface area contributed by atoms with Crippen LogP contribution in [0.15, 0.2) is 6.07 Å². The minimum Gasteiger partial charge on any atom is -0.465 e. The van der Waals surface area contributed by atoms with E-state index in [0.29, 0.717) is 36.9 Å². The standard InChI is InChI=1S/C16H23N5O2/c17-15-18-10(5-9-3-1-2-4-9)6-13(20-15)19-14-11-7-21(16(22)23)8-12(11)14/h6,9,11-12,14H,1-5,7-8H2,(H,22,23)(H3,17,18,19,20)/t11-,12+,14?. The fourth-order valence-corrected chi connectivity index (χ4v) is 4.27. The first-order valence-corrected chi connectivity index (χ1v) is 8.48. The van der Waals surface area contributed by atoms with Gasteiger partial charge in [-0.1, -0.05) is 25.7 Å². The summed E-state index contributed by atoms with van der Waals surface area (Å²) in [6.45, 7) is 1.24. The molecule has 2 aliphatic carbocycles. The largest absolute Gasteiger partial charge is 0.465 e. The monoisotopic (exact) mass is 317 g/mol. The highest BCUT2D eigenvalue weighted by molar-refractivity contribution is 5.66. The van der Waals surface area contributed by atoms with Crippen molar-refractivity contribution in [1.29, 1.82) is 0 Å². The normalized spacial score (nSPS) is 29.6. The topological polar surface area (TPSA) is 104 Å². The van der Waals surface area contributed by atoms with Crippen molar-refractivity contribution in [3.8, 4) is 0 Å². The van der Waals surface area contributed by atoms with Gasteiger partial charge in [0.15, 0.2) is 0 Å². The third kappa shape index (κ3) is 2.92. The highest BCUT2D eigenvalue weighted by Gasteiger charge is 2.57. The molecule has 7 nitrogen and oxygen atoms in total. The van der Waals surface area contributed by atoms with Gasteiger partial charge in [0.1, 0.15) is 5.82 Å². The summed E-state index contributed by atoms with van der Waals surface area (Å²) in [6, 6.07) is 2.33. The van der Waals surface area contributed by atoms with Gasteiger partial charge in [-0.25, -0.2) is 9.78 Å². The predicted octanol–water partition coefficient (Wildman–Crippen LogP) is 1.81. The number of aromatic nitrogens is 2. The lowest BCUT2D eigenvalue weighted by atomic mass is 10.0. The highest BCUT2D eigenvalue weighted by Crippen LogP contribution is 2.47. The maximum Gasteiger partial charge on any atom is 0.407 e. The van der Waals surface area contributed by atoms with Crippen molar-refractivity contribution in [1.82, 2.24) is 14.9 Å². The quantitative estimate of drug-likeness (QED) is 0.782. The van der Waals surface area contributed by atoms with Crippen molar-refractivity contribution in [2.45, 2.75) is 38.1 Å². The van der Waals surface area contributed by atoms with Crippen molar-refractivity contribution >= 4 is 17.9 Å². The van der Waals surface area contributed by atoms with Crippen LogP contribution < -0.4 is 11.1 Å². The minimum atomic E-state index is -0.818. The summed E-state index contributed by atoms with van der Waals surface area (Å²) in [7, 11) is 0. The number of hydrogen-bond donors (Lipinski definition) is 3. The Morgan fingerprint density at radius 2 is 2.00 bits per heavy atom. The Hall–Kier alpha value is -2.05. The van der Waals surface area contributed by atoms with Gasteiger partial charge in [0, 0.05) is 42.7 Å². The van der Waals surface area contributed by atoms with Crippen molar-refractivity contribution in [3.63, 3.8) is 0 Å². The number of likely N-dealkylation sites (tertiary alicyclic amines) is 1. The molecule has 0 spiro atoms. The second kappa shape index (κ2) is 5.54. The number of nitrogens with zero attached hydrogens (tertiary/aromatic N) is 3. The van der Waals surface area contributed by atoms with Gasteiger partial charge >= 0.3 is 6.09 Å². The van der Waals surface area contributed by atoms with Crippen molar-refractivity contribution < 1.29 is 9.90 Å². The van der Waals surface area contributed by atoms with E-state index in [-0.39, 0.29) is 0 Å². The molecular formula is C16H23N5O2. The Morgan fingerprint density at radius 3 is 2.65 bits per heavy atom. The van der Waals surface area contributed by atoms with E-state index >= 15 is 0 Å². The van der Waals surface area contributed by atoms with Crippen LogP contribution in [0.2, 0.25) is 0 Å². The summed E-state index contributed by atoms with van der Waals surface area (Å²) in [5.41, 5.74) is 6.88. The Labute approximate surface area is 135 Å². The first-order valence-electron chi connectivity index (χ1n) is 8.48. The van der Waals surface area contributed by atoms with Gasteiger partial charge in [0.2, 0.25) is 5.95 Å². The van der Waals surface area contributed by atoms with E-state index in [1.54, 1.807) is 0 Å². The molecule has 124 valence electrons. The molecule has 3 fully saturated rings. The van der Waals surface area contributed by atoms with Crippen LogP contribution in [0.5, 0.6) is 0 Å². The van der Waals surface area contributed by atoms with E-state index in [1.165, 1.54) is 30.6 Å². The SMILES string of the molecule is Nc1nc(CC2CCCC2)cc(NC2[C@H]3CN(C(=O)O)C[C@@H]23)n1. The number of piperidine rings is 1. The van der Waals surface area contributed by atoms with Crippen molar-refractivity contribution in [2.24, 2.45) is 17.8 Å². The second-order valence-electron chi connectivity index (χ2n) is 7.14. The molecule has 0 aromatic carbocycles. The molecule has 3 aliphatic rings. The second-order valence-corrected chi connectivity index (χ2v) is 7.14. The molecule has 1 unspecified atom stereocenters. The van der Waals surface area contributed by atoms with Crippen molar-refractivity contribution in [2.75, 3.05) is 24.1 Å². The maximum atomic E-state index is 11.0. The number of carboxylic acid groups (broad SMARTS) is 1. The lowest BCUT2D eigenvalue weighted by Gasteiger charge is -2.17. The number of carbonyl (C=O) groups is 1. The van der Waals surface area contributed by atoms with Gasteiger partial charge in [-0.05, 0) is 12.3 Å². The summed E-state index contributed by atoms with van der Waals surface area (Å²) in [6.07, 6.45) is 5.37. The number of hydrogen-bond acceptors (Lipinski definition) is 5. The molecule has 2 heterocycles. The minimum absolute atomic E-state index is 0.319. The van der Waals surface area contributed by atoms with Crippen LogP contribution in [-0.2, 0) is 6.42 Å². The van der Waals surface area contributed by atoms with Gasteiger partial charge in [-0.3, -0.25) is 0 Å². The van der Waals surface area contributed by atoms with E-state index < -0.39 is 6.09 Å². The van der Waals surface area contributed by atoms with Crippen LogP contribution >= 0.6 is 0 Å². The molecule has 1 amide bonds. The molecule has 4 rings (SSSR count). The number of amides is 1. The Bertz CT molecular complexity index is 604. The number of fused-ring (bicyclic) bond motifs is 1. The molecule has 3 atom stereocenters. The van der Waals surface area contributed by atoms with Crippen LogP contribution in [0.4, 0.5) is 16.6 Å². The molecule has 1 aliphatic heterocycles. The van der Waals surface area contributed by atoms with Gasteiger partial charge in [-0.15, -0.1) is 0 Å². The van der Waals surface area contributed by atoms with Crippen molar-refractivity contribution in [3.05, 3.63) is 11.8 Å². The molecule has 23 heavy (non-hydrogen) atoms. The van der Waals surface area contributed by atoms with Gasteiger partial charge in [0.25, 0.3) is 0 Å². The molecule has 0 radical (unpaired) electrons. The fraction of sp³-hybridized carbons (Fsp3) is 0.688. The third-order valence-corrected chi connectivity index (χ3v) is 5.55. The third-order valence-electron chi connectivity index (χ3n) is 5.55. The summed E-state index contributed by atoms with van der Waals surface area (Å²) in [4.78, 5) is 21.1. The average Bonchev–Trinajstić information content (AvgIpc) is 2.90. The molecule has 7 heteroatoms. The van der Waals surface area contributed by atoms with Gasteiger partial charge in [-0.2, -0.15) is 4.98 Å². The first-order chi connectivity index (χ1) is 11.1. The molecule has 0 bridgehead atoms. The zero-order valence-electron chi connectivity index (χ0n) is 13.1. The summed E-state index contributed by atoms with van der Waals surface area (Å²) < 4.78 is 0. The molecule has 1 aromatic rings. The Morgan fingerprint density at radius 1 is 1.30 bits per heavy atom. The summed E-state index contributed by atoms with van der Waals surface area (Å²) >= 11 is 0. The van der Waals surface area contributed by atoms with E-state index in [0.717, 1.165) is 23.9 Å². The molecule has 4 N–H and O–H groups in total. The van der Waals surface area contributed by atoms with E-state index in [2.05, 4.69) is 15.3 Å². The fourth-order valence-electron chi connectivity index (χ4n) is 4.27. The Balaban J connectivity index is 1.38. The first kappa shape index (κ1) is 14.5. The molecular weight excluding hydrogens is 294 g/mol. The number of anilines is 2. The number of nitrogen functional groups attached to an aromatic ring is 1. The lowest BCUT2D eigenvalue weighted by Crippen LogP contribution is -2.32. The molecule has 1 saturated heterocycles. The predicted molar refractivity (Wildman–Crippen MR) is 86.1 cm³/mol.